The number of carboxylic acids is 1. The first-order valence-electron chi connectivity index (χ1n) is 6.14. The number of methoxy groups -OCH3 is 1. The normalized spacial score (nSPS) is 20.7. The molecule has 2 rings (SSSR count). The molecule has 1 aliphatic carbocycles. The Morgan fingerprint density at radius 2 is 2.05 bits per heavy atom. The van der Waals surface area contributed by atoms with Gasteiger partial charge in [-0.2, -0.15) is 0 Å². The van der Waals surface area contributed by atoms with Crippen molar-refractivity contribution in [1.82, 2.24) is 4.90 Å². The second kappa shape index (κ2) is 5.30. The minimum absolute atomic E-state index is 0.113. The number of hydrogen-bond acceptors (Lipinski definition) is 3. The summed E-state index contributed by atoms with van der Waals surface area (Å²) in [4.78, 5) is 24.4. The molecule has 0 heterocycles. The van der Waals surface area contributed by atoms with Crippen molar-refractivity contribution in [3.05, 3.63) is 29.8 Å². The lowest BCUT2D eigenvalue weighted by Crippen LogP contribution is -2.29. The van der Waals surface area contributed by atoms with E-state index in [1.165, 1.54) is 0 Å². The molecular formula is C14H17NO4. The maximum absolute atomic E-state index is 12.0. The topological polar surface area (TPSA) is 66.8 Å². The third-order valence-corrected chi connectivity index (χ3v) is 3.40. The number of carboxylic acid groups (broad SMARTS) is 1. The summed E-state index contributed by atoms with van der Waals surface area (Å²) < 4.78 is 5.23. The first-order valence-corrected chi connectivity index (χ1v) is 6.14. The van der Waals surface area contributed by atoms with Gasteiger partial charge in [-0.1, -0.05) is 18.2 Å². The molecule has 0 radical (unpaired) electrons. The number of benzene rings is 1. The van der Waals surface area contributed by atoms with Crippen LogP contribution in [0, 0.1) is 11.8 Å². The fourth-order valence-corrected chi connectivity index (χ4v) is 2.19. The van der Waals surface area contributed by atoms with Gasteiger partial charge in [0, 0.05) is 19.2 Å². The molecule has 0 aliphatic heterocycles. The average Bonchev–Trinajstić information content (AvgIpc) is 3.18. The number of amides is 1. The van der Waals surface area contributed by atoms with E-state index in [9.17, 15) is 9.59 Å². The predicted octanol–water partition coefficient (Wildman–Crippen LogP) is 1.37. The minimum Gasteiger partial charge on any atom is -0.496 e. The summed E-state index contributed by atoms with van der Waals surface area (Å²) in [6.45, 7) is 0.422. The molecule has 5 heteroatoms. The molecule has 1 aliphatic rings. The molecule has 5 nitrogen and oxygen atoms in total. The lowest BCUT2D eigenvalue weighted by molar-refractivity contribution is -0.141. The molecule has 2 unspecified atom stereocenters. The highest BCUT2D eigenvalue weighted by Crippen LogP contribution is 2.40. The zero-order chi connectivity index (χ0) is 14.0. The SMILES string of the molecule is COc1ccccc1CN(C)C(=O)C1CC1C(=O)O. The zero-order valence-corrected chi connectivity index (χ0v) is 11.0. The Balaban J connectivity index is 1.99. The summed E-state index contributed by atoms with van der Waals surface area (Å²) in [5.74, 6) is -1.14. The number of carbonyl (C=O) groups excluding carboxylic acids is 1. The van der Waals surface area contributed by atoms with Crippen LogP contribution in [0.25, 0.3) is 0 Å². The first-order chi connectivity index (χ1) is 9.04. The number of hydrogen-bond donors (Lipinski definition) is 1. The molecule has 0 bridgehead atoms. The van der Waals surface area contributed by atoms with Crippen molar-refractivity contribution >= 4 is 11.9 Å². The molecule has 1 N–H and O–H groups in total. The highest BCUT2D eigenvalue weighted by Gasteiger charge is 2.49. The molecular weight excluding hydrogens is 246 g/mol. The maximum Gasteiger partial charge on any atom is 0.307 e. The van der Waals surface area contributed by atoms with Crippen LogP contribution >= 0.6 is 0 Å². The highest BCUT2D eigenvalue weighted by molar-refractivity contribution is 5.89. The van der Waals surface area contributed by atoms with E-state index >= 15 is 0 Å². The second-order valence-electron chi connectivity index (χ2n) is 4.79. The smallest absolute Gasteiger partial charge is 0.307 e. The van der Waals surface area contributed by atoms with Gasteiger partial charge in [-0.25, -0.2) is 0 Å². The van der Waals surface area contributed by atoms with Gasteiger partial charge >= 0.3 is 5.97 Å². The third-order valence-electron chi connectivity index (χ3n) is 3.40. The Kier molecular flexibility index (Phi) is 3.74. The Labute approximate surface area is 111 Å². The van der Waals surface area contributed by atoms with Gasteiger partial charge in [0.15, 0.2) is 0 Å². The van der Waals surface area contributed by atoms with Crippen LogP contribution in [0.1, 0.15) is 12.0 Å². The molecule has 1 amide bonds. The second-order valence-corrected chi connectivity index (χ2v) is 4.79. The summed E-state index contributed by atoms with van der Waals surface area (Å²) in [5.41, 5.74) is 0.911. The molecule has 2 atom stereocenters. The van der Waals surface area contributed by atoms with Crippen LogP contribution in [0.2, 0.25) is 0 Å². The van der Waals surface area contributed by atoms with Crippen LogP contribution in [0.3, 0.4) is 0 Å². The van der Waals surface area contributed by atoms with Crippen LogP contribution in [0.15, 0.2) is 24.3 Å². The van der Waals surface area contributed by atoms with Crippen molar-refractivity contribution in [3.63, 3.8) is 0 Å². The number of carbonyl (C=O) groups is 2. The quantitative estimate of drug-likeness (QED) is 0.871. The molecule has 102 valence electrons. The fraction of sp³-hybridized carbons (Fsp3) is 0.429. The van der Waals surface area contributed by atoms with Gasteiger partial charge in [0.25, 0.3) is 0 Å². The van der Waals surface area contributed by atoms with E-state index in [0.29, 0.717) is 13.0 Å². The van der Waals surface area contributed by atoms with Crippen molar-refractivity contribution in [1.29, 1.82) is 0 Å². The largest absolute Gasteiger partial charge is 0.496 e. The van der Waals surface area contributed by atoms with E-state index in [1.54, 1.807) is 19.1 Å². The van der Waals surface area contributed by atoms with Crippen LogP contribution in [0.5, 0.6) is 5.75 Å². The monoisotopic (exact) mass is 263 g/mol. The van der Waals surface area contributed by atoms with Crippen LogP contribution in [0.4, 0.5) is 0 Å². The highest BCUT2D eigenvalue weighted by atomic mass is 16.5. The lowest BCUT2D eigenvalue weighted by atomic mass is 10.2. The van der Waals surface area contributed by atoms with E-state index in [4.69, 9.17) is 9.84 Å². The lowest BCUT2D eigenvalue weighted by Gasteiger charge is -2.18. The van der Waals surface area contributed by atoms with Crippen LogP contribution in [-0.2, 0) is 16.1 Å². The van der Waals surface area contributed by atoms with Gasteiger partial charge in [0.05, 0.1) is 18.9 Å². The van der Waals surface area contributed by atoms with E-state index < -0.39 is 11.9 Å². The van der Waals surface area contributed by atoms with Gasteiger partial charge < -0.3 is 14.7 Å². The summed E-state index contributed by atoms with van der Waals surface area (Å²) in [6, 6.07) is 7.48. The van der Waals surface area contributed by atoms with Gasteiger partial charge in [0.1, 0.15) is 5.75 Å². The summed E-state index contributed by atoms with van der Waals surface area (Å²) in [5, 5.41) is 8.84. The molecule has 1 aromatic carbocycles. The van der Waals surface area contributed by atoms with Crippen molar-refractivity contribution < 1.29 is 19.4 Å². The van der Waals surface area contributed by atoms with Gasteiger partial charge in [-0.3, -0.25) is 9.59 Å². The Morgan fingerprint density at radius 3 is 2.63 bits per heavy atom. The number of aliphatic carboxylic acids is 1. The molecule has 1 fully saturated rings. The van der Waals surface area contributed by atoms with Gasteiger partial charge in [-0.05, 0) is 12.5 Å². The molecule has 19 heavy (non-hydrogen) atoms. The Hall–Kier alpha value is -2.04. The molecule has 0 spiro atoms. The van der Waals surface area contributed by atoms with Crippen molar-refractivity contribution in [2.45, 2.75) is 13.0 Å². The van der Waals surface area contributed by atoms with E-state index in [0.717, 1.165) is 11.3 Å². The van der Waals surface area contributed by atoms with Crippen molar-refractivity contribution in [2.75, 3.05) is 14.2 Å². The Bertz CT molecular complexity index is 500. The molecule has 1 saturated carbocycles. The molecule has 1 aromatic rings. The van der Waals surface area contributed by atoms with Crippen LogP contribution in [-0.4, -0.2) is 36.0 Å². The number of para-hydroxylation sites is 1. The van der Waals surface area contributed by atoms with E-state index in [1.807, 2.05) is 24.3 Å². The number of nitrogens with zero attached hydrogens (tertiary/aromatic N) is 1. The zero-order valence-electron chi connectivity index (χ0n) is 11.0. The molecule has 0 saturated heterocycles. The average molecular weight is 263 g/mol. The molecule has 0 aromatic heterocycles. The van der Waals surface area contributed by atoms with Crippen LogP contribution < -0.4 is 4.74 Å². The summed E-state index contributed by atoms with van der Waals surface area (Å²) in [7, 11) is 3.27. The predicted molar refractivity (Wildman–Crippen MR) is 68.7 cm³/mol. The van der Waals surface area contributed by atoms with E-state index in [2.05, 4.69) is 0 Å². The van der Waals surface area contributed by atoms with Gasteiger partial charge in [-0.15, -0.1) is 0 Å². The summed E-state index contributed by atoms with van der Waals surface area (Å²) >= 11 is 0. The number of ether oxygens (including phenoxy) is 1. The van der Waals surface area contributed by atoms with E-state index in [-0.39, 0.29) is 11.8 Å². The Morgan fingerprint density at radius 1 is 1.37 bits per heavy atom. The third kappa shape index (κ3) is 2.86. The minimum atomic E-state index is -0.885. The maximum atomic E-state index is 12.0. The standard InChI is InChI=1S/C14H17NO4/c1-15(13(16)10-7-11(10)14(17)18)8-9-5-3-4-6-12(9)19-2/h3-6,10-11H,7-8H2,1-2H3,(H,17,18). The van der Waals surface area contributed by atoms with Gasteiger partial charge in [0.2, 0.25) is 5.91 Å². The van der Waals surface area contributed by atoms with Crippen molar-refractivity contribution in [3.8, 4) is 5.75 Å². The van der Waals surface area contributed by atoms with Crippen molar-refractivity contribution in [2.24, 2.45) is 11.8 Å². The first kappa shape index (κ1) is 13.4. The fourth-order valence-electron chi connectivity index (χ4n) is 2.19. The number of rotatable bonds is 5. The summed E-state index contributed by atoms with van der Waals surface area (Å²) in [6.07, 6.45) is 0.449.